The molecule has 3 heterocycles. The highest BCUT2D eigenvalue weighted by molar-refractivity contribution is 7.99. The van der Waals surface area contributed by atoms with Gasteiger partial charge in [-0.2, -0.15) is 0 Å². The van der Waals surface area contributed by atoms with Crippen LogP contribution in [-0.4, -0.2) is 32.8 Å². The molecule has 1 atom stereocenters. The fraction of sp³-hybridized carbons (Fsp3) is 0.474. The number of amides is 2. The molecule has 2 aliphatic rings. The van der Waals surface area contributed by atoms with Crippen molar-refractivity contribution in [3.8, 4) is 0 Å². The maximum atomic E-state index is 13.7. The van der Waals surface area contributed by atoms with Crippen LogP contribution in [0.1, 0.15) is 43.0 Å². The molecule has 0 saturated carbocycles. The Morgan fingerprint density at radius 1 is 1.31 bits per heavy atom. The fourth-order valence-electron chi connectivity index (χ4n) is 3.73. The summed E-state index contributed by atoms with van der Waals surface area (Å²) in [5, 5.41) is 4.04. The molecule has 1 aromatic carbocycles. The Hall–Kier alpha value is -2.02. The molecule has 0 bridgehead atoms. The number of benzene rings is 1. The van der Waals surface area contributed by atoms with Crippen LogP contribution in [0.25, 0.3) is 0 Å². The van der Waals surface area contributed by atoms with Crippen LogP contribution in [0, 0.1) is 5.82 Å². The molecule has 26 heavy (non-hydrogen) atoms. The highest BCUT2D eigenvalue weighted by Gasteiger charge is 2.27. The van der Waals surface area contributed by atoms with Gasteiger partial charge in [0.15, 0.2) is 5.16 Å². The van der Waals surface area contributed by atoms with Crippen molar-refractivity contribution in [1.29, 1.82) is 0 Å². The van der Waals surface area contributed by atoms with Crippen LogP contribution in [0.5, 0.6) is 0 Å². The van der Waals surface area contributed by atoms with Crippen LogP contribution in [0.15, 0.2) is 35.6 Å². The second kappa shape index (κ2) is 7.70. The SMILES string of the molecule is O=C(NCc1cn2c(n1)SCC2)N1CCCCC[C@@H]1c1cccc(F)c1. The number of carbonyl (C=O) groups is 1. The summed E-state index contributed by atoms with van der Waals surface area (Å²) in [5.74, 6) is 0.815. The Morgan fingerprint density at radius 2 is 2.23 bits per heavy atom. The number of likely N-dealkylation sites (tertiary alicyclic amines) is 1. The first-order chi connectivity index (χ1) is 12.7. The molecule has 0 aliphatic carbocycles. The van der Waals surface area contributed by atoms with E-state index in [1.807, 2.05) is 17.2 Å². The number of nitrogens with one attached hydrogen (secondary N) is 1. The van der Waals surface area contributed by atoms with E-state index in [1.165, 1.54) is 6.07 Å². The Balaban J connectivity index is 1.46. The zero-order valence-corrected chi connectivity index (χ0v) is 15.5. The minimum atomic E-state index is -0.253. The molecular weight excluding hydrogens is 351 g/mol. The van der Waals surface area contributed by atoms with E-state index < -0.39 is 0 Å². The van der Waals surface area contributed by atoms with Crippen molar-refractivity contribution in [2.75, 3.05) is 12.3 Å². The first-order valence-corrected chi connectivity index (χ1v) is 10.2. The summed E-state index contributed by atoms with van der Waals surface area (Å²) in [7, 11) is 0. The lowest BCUT2D eigenvalue weighted by Crippen LogP contribution is -2.42. The van der Waals surface area contributed by atoms with Gasteiger partial charge in [0.1, 0.15) is 5.82 Å². The molecule has 0 radical (unpaired) electrons. The van der Waals surface area contributed by atoms with Gasteiger partial charge in [-0.1, -0.05) is 36.7 Å². The predicted octanol–water partition coefficient (Wildman–Crippen LogP) is 3.95. The first-order valence-electron chi connectivity index (χ1n) is 9.19. The van der Waals surface area contributed by atoms with Crippen LogP contribution >= 0.6 is 11.8 Å². The monoisotopic (exact) mass is 374 g/mol. The number of imidazole rings is 1. The van der Waals surface area contributed by atoms with E-state index >= 15 is 0 Å². The molecule has 0 unspecified atom stereocenters. The van der Waals surface area contributed by atoms with E-state index in [1.54, 1.807) is 23.9 Å². The average molecular weight is 374 g/mol. The van der Waals surface area contributed by atoms with Gasteiger partial charge in [0.25, 0.3) is 0 Å². The van der Waals surface area contributed by atoms with E-state index in [4.69, 9.17) is 0 Å². The second-order valence-corrected chi connectivity index (χ2v) is 7.89. The summed E-state index contributed by atoms with van der Waals surface area (Å²) >= 11 is 1.75. The molecular formula is C19H23FN4OS. The first kappa shape index (κ1) is 17.4. The molecule has 5 nitrogen and oxygen atoms in total. The summed E-state index contributed by atoms with van der Waals surface area (Å²) < 4.78 is 15.8. The Morgan fingerprint density at radius 3 is 3.08 bits per heavy atom. The smallest absolute Gasteiger partial charge is 0.318 e. The highest BCUT2D eigenvalue weighted by Crippen LogP contribution is 2.30. The number of aromatic nitrogens is 2. The van der Waals surface area contributed by atoms with E-state index in [0.29, 0.717) is 13.1 Å². The Bertz CT molecular complexity index is 772. The van der Waals surface area contributed by atoms with Gasteiger partial charge in [0.2, 0.25) is 0 Å². The zero-order valence-electron chi connectivity index (χ0n) is 14.7. The van der Waals surface area contributed by atoms with Gasteiger partial charge in [0, 0.05) is 25.0 Å². The quantitative estimate of drug-likeness (QED) is 0.885. The molecule has 1 fully saturated rings. The lowest BCUT2D eigenvalue weighted by molar-refractivity contribution is 0.175. The third-order valence-corrected chi connectivity index (χ3v) is 5.99. The molecule has 1 N–H and O–H groups in total. The van der Waals surface area contributed by atoms with Gasteiger partial charge < -0.3 is 14.8 Å². The second-order valence-electron chi connectivity index (χ2n) is 6.83. The summed E-state index contributed by atoms with van der Waals surface area (Å²) in [6.45, 7) is 2.10. The minimum Gasteiger partial charge on any atom is -0.332 e. The summed E-state index contributed by atoms with van der Waals surface area (Å²) in [6, 6.07) is 6.46. The molecule has 2 aliphatic heterocycles. The summed E-state index contributed by atoms with van der Waals surface area (Å²) in [4.78, 5) is 19.3. The number of hydrogen-bond acceptors (Lipinski definition) is 3. The normalized spacial score (nSPS) is 19.9. The minimum absolute atomic E-state index is 0.0734. The number of thioether (sulfide) groups is 1. The molecule has 1 saturated heterocycles. The Labute approximate surface area is 157 Å². The number of carbonyl (C=O) groups excluding carboxylic acids is 1. The number of aryl methyl sites for hydroxylation is 1. The number of hydrogen-bond donors (Lipinski definition) is 1. The van der Waals surface area contributed by atoms with Crippen LogP contribution in [0.4, 0.5) is 9.18 Å². The predicted molar refractivity (Wildman–Crippen MR) is 99.5 cm³/mol. The lowest BCUT2D eigenvalue weighted by atomic mass is 10.0. The zero-order chi connectivity index (χ0) is 17.9. The standard InChI is InChI=1S/C19H23FN4OS/c20-15-6-4-5-14(11-15)17-7-2-1-3-8-24(17)18(25)21-12-16-13-23-9-10-26-19(23)22-16/h4-6,11,13,17H,1-3,7-10,12H2,(H,21,25)/t17-/m1/s1. The van der Waals surface area contributed by atoms with Gasteiger partial charge >= 0.3 is 6.03 Å². The molecule has 2 aromatic rings. The topological polar surface area (TPSA) is 50.2 Å². The van der Waals surface area contributed by atoms with E-state index in [0.717, 1.165) is 54.4 Å². The van der Waals surface area contributed by atoms with Crippen molar-refractivity contribution in [3.63, 3.8) is 0 Å². The van der Waals surface area contributed by atoms with Gasteiger partial charge in [0.05, 0.1) is 18.3 Å². The lowest BCUT2D eigenvalue weighted by Gasteiger charge is -2.30. The van der Waals surface area contributed by atoms with Crippen LogP contribution in [0.3, 0.4) is 0 Å². The van der Waals surface area contributed by atoms with Crippen LogP contribution in [0.2, 0.25) is 0 Å². The van der Waals surface area contributed by atoms with Crippen molar-refractivity contribution in [2.24, 2.45) is 0 Å². The largest absolute Gasteiger partial charge is 0.332 e. The third-order valence-electron chi connectivity index (χ3n) is 5.02. The van der Waals surface area contributed by atoms with Crippen LogP contribution < -0.4 is 5.32 Å². The fourth-order valence-corrected chi connectivity index (χ4v) is 4.69. The molecule has 2 amide bonds. The molecule has 138 valence electrons. The average Bonchev–Trinajstić information content (AvgIpc) is 3.12. The van der Waals surface area contributed by atoms with Gasteiger partial charge in [-0.25, -0.2) is 14.2 Å². The number of halogens is 1. The highest BCUT2D eigenvalue weighted by atomic mass is 32.2. The Kier molecular flexibility index (Phi) is 5.15. The van der Waals surface area contributed by atoms with Crippen molar-refractivity contribution < 1.29 is 9.18 Å². The van der Waals surface area contributed by atoms with E-state index in [9.17, 15) is 9.18 Å². The third kappa shape index (κ3) is 3.72. The summed E-state index contributed by atoms with van der Waals surface area (Å²) in [5.41, 5.74) is 1.76. The maximum absolute atomic E-state index is 13.7. The van der Waals surface area contributed by atoms with E-state index in [2.05, 4.69) is 14.9 Å². The number of nitrogens with zero attached hydrogens (tertiary/aromatic N) is 3. The van der Waals surface area contributed by atoms with Crippen molar-refractivity contribution in [2.45, 2.75) is 50.0 Å². The van der Waals surface area contributed by atoms with Crippen LogP contribution in [-0.2, 0) is 13.1 Å². The van der Waals surface area contributed by atoms with Gasteiger partial charge in [-0.05, 0) is 30.5 Å². The number of rotatable bonds is 3. The number of fused-ring (bicyclic) bond motifs is 1. The maximum Gasteiger partial charge on any atom is 0.318 e. The molecule has 7 heteroatoms. The number of urea groups is 1. The van der Waals surface area contributed by atoms with Gasteiger partial charge in [-0.3, -0.25) is 0 Å². The molecule has 1 aromatic heterocycles. The van der Waals surface area contributed by atoms with Crippen molar-refractivity contribution in [1.82, 2.24) is 19.8 Å². The molecule has 0 spiro atoms. The van der Waals surface area contributed by atoms with Crippen molar-refractivity contribution >= 4 is 17.8 Å². The summed E-state index contributed by atoms with van der Waals surface area (Å²) in [6.07, 6.45) is 6.01. The van der Waals surface area contributed by atoms with Crippen molar-refractivity contribution in [3.05, 3.63) is 47.5 Å². The molecule has 4 rings (SSSR count). The van der Waals surface area contributed by atoms with E-state index in [-0.39, 0.29) is 17.9 Å². The van der Waals surface area contributed by atoms with Gasteiger partial charge in [-0.15, -0.1) is 0 Å².